The molecule has 40 heavy (non-hydrogen) atoms. The van der Waals surface area contributed by atoms with E-state index >= 15 is 0 Å². The highest BCUT2D eigenvalue weighted by atomic mass is 32.1. The van der Waals surface area contributed by atoms with Crippen molar-refractivity contribution in [2.45, 2.75) is 32.9 Å². The highest BCUT2D eigenvalue weighted by Gasteiger charge is 2.35. The fraction of sp³-hybridized carbons (Fsp3) is 0.321. The molecule has 7 nitrogen and oxygen atoms in total. The van der Waals surface area contributed by atoms with Crippen LogP contribution >= 0.6 is 22.7 Å². The molecule has 3 heterocycles. The van der Waals surface area contributed by atoms with Gasteiger partial charge in [0.25, 0.3) is 0 Å². The second-order valence-corrected chi connectivity index (χ2v) is 11.3. The summed E-state index contributed by atoms with van der Waals surface area (Å²) in [6.45, 7) is 4.25. The molecule has 212 valence electrons. The molecule has 0 saturated carbocycles. The molecule has 0 aliphatic rings. The first-order valence-corrected chi connectivity index (χ1v) is 14.1. The number of ether oxygens (including phenoxy) is 2. The third-order valence-electron chi connectivity index (χ3n) is 5.90. The van der Waals surface area contributed by atoms with Crippen molar-refractivity contribution in [1.29, 1.82) is 0 Å². The lowest BCUT2D eigenvalue weighted by molar-refractivity contribution is -0.139. The van der Waals surface area contributed by atoms with Crippen LogP contribution in [0.2, 0.25) is 0 Å². The van der Waals surface area contributed by atoms with Gasteiger partial charge in [-0.05, 0) is 48.4 Å². The summed E-state index contributed by atoms with van der Waals surface area (Å²) in [4.78, 5) is 22.8. The number of carboxylic acids is 1. The Balaban J connectivity index is 1.72. The first-order valence-electron chi connectivity index (χ1n) is 12.4. The molecule has 12 heteroatoms. The molecule has 0 amide bonds. The topological polar surface area (TPSA) is 93.6 Å². The Morgan fingerprint density at radius 3 is 2.60 bits per heavy atom. The van der Waals surface area contributed by atoms with Gasteiger partial charge in [0.1, 0.15) is 23.7 Å². The molecule has 0 unspecified atom stereocenters. The number of pyridine rings is 1. The predicted molar refractivity (Wildman–Crippen MR) is 151 cm³/mol. The van der Waals surface area contributed by atoms with Crippen LogP contribution in [0.25, 0.3) is 21.7 Å². The van der Waals surface area contributed by atoms with E-state index in [4.69, 9.17) is 9.47 Å². The van der Waals surface area contributed by atoms with Crippen LogP contribution < -0.4 is 10.1 Å². The number of aromatic carboxylic acids is 1. The van der Waals surface area contributed by atoms with E-state index in [1.165, 1.54) is 41.9 Å². The van der Waals surface area contributed by atoms with Crippen LogP contribution in [-0.2, 0) is 17.3 Å². The highest BCUT2D eigenvalue weighted by molar-refractivity contribution is 7.16. The number of rotatable bonds is 12. The van der Waals surface area contributed by atoms with Gasteiger partial charge in [-0.25, -0.2) is 14.8 Å². The lowest BCUT2D eigenvalue weighted by Crippen LogP contribution is -2.11. The van der Waals surface area contributed by atoms with E-state index in [1.807, 2.05) is 17.5 Å². The number of thiophene rings is 1. The van der Waals surface area contributed by atoms with Crippen LogP contribution in [0.3, 0.4) is 0 Å². The van der Waals surface area contributed by atoms with Crippen molar-refractivity contribution in [2.75, 3.05) is 25.6 Å². The molecule has 0 saturated heterocycles. The average Bonchev–Trinajstić information content (AvgIpc) is 3.57. The van der Waals surface area contributed by atoms with E-state index in [2.05, 4.69) is 29.1 Å². The van der Waals surface area contributed by atoms with Crippen molar-refractivity contribution in [1.82, 2.24) is 9.97 Å². The first kappa shape index (κ1) is 29.5. The Bertz CT molecular complexity index is 1450. The number of halogens is 3. The van der Waals surface area contributed by atoms with E-state index in [0.29, 0.717) is 34.3 Å². The lowest BCUT2D eigenvalue weighted by Gasteiger charge is -2.15. The van der Waals surface area contributed by atoms with Gasteiger partial charge in [0.05, 0.1) is 17.9 Å². The smallest absolute Gasteiger partial charge is 0.419 e. The molecule has 0 aliphatic heterocycles. The molecular weight excluding hydrogens is 563 g/mol. The van der Waals surface area contributed by atoms with Gasteiger partial charge in [-0.3, -0.25) is 0 Å². The Morgan fingerprint density at radius 1 is 1.15 bits per heavy atom. The van der Waals surface area contributed by atoms with Gasteiger partial charge in [0.2, 0.25) is 0 Å². The lowest BCUT2D eigenvalue weighted by atomic mass is 10.0. The number of hydrogen-bond donors (Lipinski definition) is 2. The largest absolute Gasteiger partial charge is 0.491 e. The summed E-state index contributed by atoms with van der Waals surface area (Å²) in [5, 5.41) is 15.2. The standard InChI is InChI=1S/C28H28F3N3O4S2/c1-16(2)6-9-23-24(17-7-8-20(28(29,30)31)21(14-17)38-11-10-37-3)33-27(40-23)34-25-19(26(35)36)13-18(15-32-25)22-5-4-12-39-22/h4-5,7-8,12-16H,6,9-11H2,1-3H3,(H,35,36)(H,32,33,34). The van der Waals surface area contributed by atoms with Crippen LogP contribution in [0, 0.1) is 5.92 Å². The van der Waals surface area contributed by atoms with E-state index < -0.39 is 17.7 Å². The fourth-order valence-electron chi connectivity index (χ4n) is 3.88. The molecule has 0 fully saturated rings. The van der Waals surface area contributed by atoms with E-state index in [-0.39, 0.29) is 30.3 Å². The second kappa shape index (κ2) is 12.8. The molecule has 0 bridgehead atoms. The molecule has 0 radical (unpaired) electrons. The summed E-state index contributed by atoms with van der Waals surface area (Å²) in [5.74, 6) is -0.944. The van der Waals surface area contributed by atoms with Crippen molar-refractivity contribution >= 4 is 39.6 Å². The van der Waals surface area contributed by atoms with Crippen LogP contribution in [-0.4, -0.2) is 41.4 Å². The van der Waals surface area contributed by atoms with Crippen molar-refractivity contribution in [3.05, 3.63) is 64.0 Å². The maximum atomic E-state index is 13.7. The van der Waals surface area contributed by atoms with E-state index in [1.54, 1.807) is 12.3 Å². The molecule has 0 aliphatic carbocycles. The quantitative estimate of drug-likeness (QED) is 0.161. The minimum Gasteiger partial charge on any atom is -0.491 e. The zero-order chi connectivity index (χ0) is 28.9. The number of nitrogens with zero attached hydrogens (tertiary/aromatic N) is 2. The first-order chi connectivity index (χ1) is 19.1. The van der Waals surface area contributed by atoms with Gasteiger partial charge in [-0.2, -0.15) is 13.2 Å². The number of benzene rings is 1. The zero-order valence-electron chi connectivity index (χ0n) is 22.0. The summed E-state index contributed by atoms with van der Waals surface area (Å²) in [6.07, 6.45) is -1.52. The maximum absolute atomic E-state index is 13.7. The SMILES string of the molecule is COCCOc1cc(-c2nc(Nc3ncc(-c4cccs4)cc3C(=O)O)sc2CCC(C)C)ccc1C(F)(F)F. The number of carboxylic acid groups (broad SMARTS) is 1. The summed E-state index contributed by atoms with van der Waals surface area (Å²) in [5.41, 5.74) is 0.746. The van der Waals surface area contributed by atoms with Gasteiger partial charge in [-0.1, -0.05) is 26.0 Å². The number of alkyl halides is 3. The number of carbonyl (C=O) groups is 1. The van der Waals surface area contributed by atoms with Crippen LogP contribution in [0.5, 0.6) is 5.75 Å². The molecule has 2 N–H and O–H groups in total. The highest BCUT2D eigenvalue weighted by Crippen LogP contribution is 2.41. The molecule has 4 rings (SSSR count). The molecule has 0 spiro atoms. The van der Waals surface area contributed by atoms with Crippen LogP contribution in [0.4, 0.5) is 24.1 Å². The summed E-state index contributed by atoms with van der Waals surface area (Å²) in [6, 6.07) is 9.01. The maximum Gasteiger partial charge on any atom is 0.419 e. The normalized spacial score (nSPS) is 11.7. The summed E-state index contributed by atoms with van der Waals surface area (Å²) >= 11 is 2.79. The van der Waals surface area contributed by atoms with E-state index in [9.17, 15) is 23.1 Å². The Kier molecular flexibility index (Phi) is 9.44. The molecule has 0 atom stereocenters. The van der Waals surface area contributed by atoms with Crippen LogP contribution in [0.1, 0.15) is 41.1 Å². The third kappa shape index (κ3) is 7.18. The Hall–Kier alpha value is -3.48. The summed E-state index contributed by atoms with van der Waals surface area (Å²) < 4.78 is 51.3. The molecular formula is C28H28F3N3O4S2. The number of methoxy groups -OCH3 is 1. The fourth-order valence-corrected chi connectivity index (χ4v) is 5.59. The number of aryl methyl sites for hydroxylation is 1. The number of nitrogens with one attached hydrogen (secondary N) is 1. The van der Waals surface area contributed by atoms with Crippen LogP contribution in [0.15, 0.2) is 48.0 Å². The molecule has 4 aromatic rings. The van der Waals surface area contributed by atoms with Gasteiger partial charge in [0, 0.05) is 34.2 Å². The predicted octanol–water partition coefficient (Wildman–Crippen LogP) is 8.01. The Labute approximate surface area is 237 Å². The van der Waals surface area contributed by atoms with Gasteiger partial charge in [-0.15, -0.1) is 22.7 Å². The average molecular weight is 592 g/mol. The molecule has 3 aromatic heterocycles. The van der Waals surface area contributed by atoms with Crippen molar-refractivity contribution < 1.29 is 32.5 Å². The number of thiazole rings is 1. The minimum atomic E-state index is -4.59. The van der Waals surface area contributed by atoms with Gasteiger partial charge >= 0.3 is 12.1 Å². The van der Waals surface area contributed by atoms with E-state index in [0.717, 1.165) is 22.2 Å². The monoisotopic (exact) mass is 591 g/mol. The van der Waals surface area contributed by atoms with Gasteiger partial charge < -0.3 is 19.9 Å². The third-order valence-corrected chi connectivity index (χ3v) is 7.85. The summed E-state index contributed by atoms with van der Waals surface area (Å²) in [7, 11) is 1.44. The number of anilines is 2. The second-order valence-electron chi connectivity index (χ2n) is 9.30. The minimum absolute atomic E-state index is 0.0188. The van der Waals surface area contributed by atoms with Crippen molar-refractivity contribution in [3.8, 4) is 27.4 Å². The zero-order valence-corrected chi connectivity index (χ0v) is 23.7. The Morgan fingerprint density at radius 2 is 1.95 bits per heavy atom. The molecule has 1 aromatic carbocycles. The number of aromatic nitrogens is 2. The van der Waals surface area contributed by atoms with Crippen molar-refractivity contribution in [2.24, 2.45) is 5.92 Å². The van der Waals surface area contributed by atoms with Crippen molar-refractivity contribution in [3.63, 3.8) is 0 Å². The van der Waals surface area contributed by atoms with Gasteiger partial charge in [0.15, 0.2) is 5.13 Å². The number of hydrogen-bond acceptors (Lipinski definition) is 8.